The van der Waals surface area contributed by atoms with Crippen molar-refractivity contribution in [1.82, 2.24) is 9.97 Å². The highest BCUT2D eigenvalue weighted by Crippen LogP contribution is 2.24. The van der Waals surface area contributed by atoms with Gasteiger partial charge in [0.1, 0.15) is 5.82 Å². The number of aromatic amines is 1. The first-order chi connectivity index (χ1) is 10.1. The maximum Gasteiger partial charge on any atom is 0.258 e. The van der Waals surface area contributed by atoms with Crippen molar-refractivity contribution in [3.8, 4) is 0 Å². The lowest BCUT2D eigenvalue weighted by Gasteiger charge is -2.14. The van der Waals surface area contributed by atoms with Crippen LogP contribution >= 0.6 is 0 Å². The van der Waals surface area contributed by atoms with Crippen LogP contribution in [0.25, 0.3) is 10.9 Å². The van der Waals surface area contributed by atoms with Crippen LogP contribution in [0.4, 0.5) is 10.1 Å². The lowest BCUT2D eigenvalue weighted by molar-refractivity contribution is -0.121. The molecular formula is C14H14FN3O3. The number of carbonyl (C=O) groups excluding carboxylic acids is 1. The number of benzene rings is 1. The predicted molar refractivity (Wildman–Crippen MR) is 74.5 cm³/mol. The van der Waals surface area contributed by atoms with Crippen LogP contribution in [0.5, 0.6) is 0 Å². The molecule has 1 saturated heterocycles. The van der Waals surface area contributed by atoms with Crippen LogP contribution in [-0.2, 0) is 9.53 Å². The van der Waals surface area contributed by atoms with Gasteiger partial charge < -0.3 is 15.0 Å². The van der Waals surface area contributed by atoms with Crippen LogP contribution in [0.2, 0.25) is 0 Å². The molecule has 0 saturated carbocycles. The number of fused-ring (bicyclic) bond motifs is 1. The van der Waals surface area contributed by atoms with Gasteiger partial charge in [0.05, 0.1) is 34.9 Å². The Balaban J connectivity index is 1.93. The van der Waals surface area contributed by atoms with E-state index in [0.717, 1.165) is 6.07 Å². The fourth-order valence-corrected chi connectivity index (χ4v) is 2.49. The van der Waals surface area contributed by atoms with Gasteiger partial charge in [-0.2, -0.15) is 0 Å². The molecule has 1 aliphatic heterocycles. The number of rotatable bonds is 2. The standard InChI is InChI=1S/C14H14FN3O3/c1-7-8(2-3-21-7)14(20)18-12-4-9-11(5-10(12)15)16-6-17-13(9)19/h4-8H,2-3H2,1H3,(H,18,20)(H,16,17,19)/t7-,8-/m0/s1. The zero-order chi connectivity index (χ0) is 15.0. The highest BCUT2D eigenvalue weighted by molar-refractivity contribution is 5.95. The van der Waals surface area contributed by atoms with Gasteiger partial charge in [-0.15, -0.1) is 0 Å². The van der Waals surface area contributed by atoms with E-state index >= 15 is 0 Å². The van der Waals surface area contributed by atoms with Crippen molar-refractivity contribution in [3.05, 3.63) is 34.6 Å². The molecule has 0 radical (unpaired) electrons. The minimum Gasteiger partial charge on any atom is -0.378 e. The van der Waals surface area contributed by atoms with Gasteiger partial charge in [-0.3, -0.25) is 9.59 Å². The summed E-state index contributed by atoms with van der Waals surface area (Å²) < 4.78 is 19.3. The Morgan fingerprint density at radius 3 is 3.05 bits per heavy atom. The van der Waals surface area contributed by atoms with E-state index in [0.29, 0.717) is 13.0 Å². The summed E-state index contributed by atoms with van der Waals surface area (Å²) in [5.41, 5.74) is -0.162. The number of hydrogen-bond donors (Lipinski definition) is 2. The summed E-state index contributed by atoms with van der Waals surface area (Å²) in [6.45, 7) is 2.33. The van der Waals surface area contributed by atoms with Crippen LogP contribution in [-0.4, -0.2) is 28.6 Å². The molecule has 3 rings (SSSR count). The predicted octanol–water partition coefficient (Wildman–Crippen LogP) is 1.43. The van der Waals surface area contributed by atoms with E-state index in [9.17, 15) is 14.0 Å². The Bertz CT molecular complexity index is 759. The molecule has 1 aromatic carbocycles. The van der Waals surface area contributed by atoms with E-state index in [1.807, 2.05) is 6.92 Å². The molecule has 1 aromatic heterocycles. The van der Waals surface area contributed by atoms with Crippen molar-refractivity contribution >= 4 is 22.5 Å². The van der Waals surface area contributed by atoms with Gasteiger partial charge in [0.25, 0.3) is 5.56 Å². The SMILES string of the molecule is C[C@@H]1OCC[C@@H]1C(=O)Nc1cc2c(=O)[nH]cnc2cc1F. The van der Waals surface area contributed by atoms with Crippen LogP contribution in [0.15, 0.2) is 23.3 Å². The molecule has 2 atom stereocenters. The van der Waals surface area contributed by atoms with Crippen molar-refractivity contribution in [2.24, 2.45) is 5.92 Å². The van der Waals surface area contributed by atoms with E-state index in [4.69, 9.17) is 4.74 Å². The van der Waals surface area contributed by atoms with Crippen LogP contribution in [0.3, 0.4) is 0 Å². The summed E-state index contributed by atoms with van der Waals surface area (Å²) in [5, 5.41) is 2.75. The van der Waals surface area contributed by atoms with Crippen LogP contribution in [0, 0.1) is 11.7 Å². The number of aromatic nitrogens is 2. The number of anilines is 1. The zero-order valence-corrected chi connectivity index (χ0v) is 11.4. The highest BCUT2D eigenvalue weighted by atomic mass is 19.1. The fourth-order valence-electron chi connectivity index (χ4n) is 2.49. The molecule has 0 bridgehead atoms. The molecule has 1 fully saturated rings. The number of nitrogens with one attached hydrogen (secondary N) is 2. The van der Waals surface area contributed by atoms with Gasteiger partial charge in [0.2, 0.25) is 5.91 Å². The molecule has 1 amide bonds. The molecule has 21 heavy (non-hydrogen) atoms. The number of amides is 1. The minimum atomic E-state index is -0.625. The van der Waals surface area contributed by atoms with Gasteiger partial charge in [0, 0.05) is 12.7 Å². The summed E-state index contributed by atoms with van der Waals surface area (Å²) >= 11 is 0. The molecule has 2 heterocycles. The van der Waals surface area contributed by atoms with Gasteiger partial charge >= 0.3 is 0 Å². The third-order valence-corrected chi connectivity index (χ3v) is 3.70. The number of H-pyrrole nitrogens is 1. The Morgan fingerprint density at radius 2 is 2.33 bits per heavy atom. The van der Waals surface area contributed by atoms with Crippen molar-refractivity contribution in [2.45, 2.75) is 19.4 Å². The third-order valence-electron chi connectivity index (χ3n) is 3.70. The molecule has 110 valence electrons. The highest BCUT2D eigenvalue weighted by Gasteiger charge is 2.31. The first-order valence-electron chi connectivity index (χ1n) is 6.65. The molecule has 2 N–H and O–H groups in total. The second-order valence-electron chi connectivity index (χ2n) is 5.04. The number of ether oxygens (including phenoxy) is 1. The summed E-state index contributed by atoms with van der Waals surface area (Å²) in [6, 6.07) is 2.43. The van der Waals surface area contributed by atoms with Gasteiger partial charge in [-0.05, 0) is 19.4 Å². The van der Waals surface area contributed by atoms with Crippen molar-refractivity contribution in [2.75, 3.05) is 11.9 Å². The minimum absolute atomic E-state index is 0.0231. The van der Waals surface area contributed by atoms with E-state index in [-0.39, 0.29) is 40.1 Å². The summed E-state index contributed by atoms with van der Waals surface area (Å²) in [7, 11) is 0. The average molecular weight is 291 g/mol. The maximum atomic E-state index is 14.0. The number of hydrogen-bond acceptors (Lipinski definition) is 4. The number of carbonyl (C=O) groups is 1. The molecular weight excluding hydrogens is 277 g/mol. The van der Waals surface area contributed by atoms with E-state index in [2.05, 4.69) is 15.3 Å². The summed E-state index contributed by atoms with van der Waals surface area (Å²) in [6.07, 6.45) is 1.61. The van der Waals surface area contributed by atoms with Gasteiger partial charge in [0.15, 0.2) is 0 Å². The number of nitrogens with zero attached hydrogens (tertiary/aromatic N) is 1. The Kier molecular flexibility index (Phi) is 3.42. The van der Waals surface area contributed by atoms with E-state index < -0.39 is 5.82 Å². The molecule has 6 nitrogen and oxygen atoms in total. The molecule has 0 spiro atoms. The largest absolute Gasteiger partial charge is 0.378 e. The quantitative estimate of drug-likeness (QED) is 0.876. The summed E-state index contributed by atoms with van der Waals surface area (Å²) in [5.74, 6) is -1.24. The monoisotopic (exact) mass is 291 g/mol. The number of halogens is 1. The van der Waals surface area contributed by atoms with Crippen LogP contribution < -0.4 is 10.9 Å². The smallest absolute Gasteiger partial charge is 0.258 e. The van der Waals surface area contributed by atoms with E-state index in [1.54, 1.807) is 0 Å². The van der Waals surface area contributed by atoms with Crippen molar-refractivity contribution in [3.63, 3.8) is 0 Å². The molecule has 7 heteroatoms. The third kappa shape index (κ3) is 2.52. The normalized spacial score (nSPS) is 21.6. The van der Waals surface area contributed by atoms with Gasteiger partial charge in [-0.1, -0.05) is 0 Å². The van der Waals surface area contributed by atoms with Crippen LogP contribution in [0.1, 0.15) is 13.3 Å². The lowest BCUT2D eigenvalue weighted by atomic mass is 10.0. The second-order valence-corrected chi connectivity index (χ2v) is 5.04. The summed E-state index contributed by atoms with van der Waals surface area (Å²) in [4.78, 5) is 30.1. The van der Waals surface area contributed by atoms with Crippen molar-refractivity contribution in [1.29, 1.82) is 0 Å². The molecule has 0 aliphatic carbocycles. The topological polar surface area (TPSA) is 84.1 Å². The fraction of sp³-hybridized carbons (Fsp3) is 0.357. The van der Waals surface area contributed by atoms with Gasteiger partial charge in [-0.25, -0.2) is 9.37 Å². The first-order valence-corrected chi connectivity index (χ1v) is 6.65. The first kappa shape index (κ1) is 13.7. The maximum absolute atomic E-state index is 14.0. The Hall–Kier alpha value is -2.28. The second kappa shape index (κ2) is 5.25. The molecule has 1 aliphatic rings. The lowest BCUT2D eigenvalue weighted by Crippen LogP contribution is -2.28. The zero-order valence-electron chi connectivity index (χ0n) is 11.4. The van der Waals surface area contributed by atoms with E-state index in [1.165, 1.54) is 12.4 Å². The Labute approximate surface area is 119 Å². The molecule has 0 unspecified atom stereocenters. The Morgan fingerprint density at radius 1 is 1.52 bits per heavy atom. The average Bonchev–Trinajstić information content (AvgIpc) is 2.87. The molecule has 2 aromatic rings. The van der Waals surface area contributed by atoms with Crippen molar-refractivity contribution < 1.29 is 13.9 Å².